The van der Waals surface area contributed by atoms with Gasteiger partial charge < -0.3 is 15.7 Å². The molecule has 2 heterocycles. The highest BCUT2D eigenvalue weighted by molar-refractivity contribution is 8.15. The molecule has 0 aliphatic carbocycles. The minimum Gasteiger partial charge on any atom is -0.494 e. The molecule has 5 N–H and O–H groups in total. The number of halogens is 1. The number of hydrogen-bond acceptors (Lipinski definition) is 7. The summed E-state index contributed by atoms with van der Waals surface area (Å²) in [6, 6.07) is 12.9. The SMILES string of the molecule is CC(C)c1ccc(C(N=C2NC(=O)C(CC(=O)Nc3cccc(Cl)c3)S2)c2c(O)[nH]c(=O)[nH]c2=O)cc1. The topological polar surface area (TPSA) is 157 Å². The van der Waals surface area contributed by atoms with Gasteiger partial charge in [0, 0.05) is 17.1 Å². The molecule has 1 saturated heterocycles. The highest BCUT2D eigenvalue weighted by Gasteiger charge is 2.34. The Balaban J connectivity index is 1.61. The predicted octanol–water partition coefficient (Wildman–Crippen LogP) is 3.25. The van der Waals surface area contributed by atoms with Crippen molar-refractivity contribution in [2.45, 2.75) is 37.5 Å². The number of amidine groups is 1. The molecular weight excluding hydrogens is 518 g/mol. The molecule has 0 spiro atoms. The van der Waals surface area contributed by atoms with Crippen molar-refractivity contribution in [2.24, 2.45) is 4.99 Å². The monoisotopic (exact) mass is 541 g/mol. The Labute approximate surface area is 220 Å². The van der Waals surface area contributed by atoms with Crippen molar-refractivity contribution in [3.8, 4) is 5.88 Å². The molecule has 0 saturated carbocycles. The molecule has 192 valence electrons. The van der Waals surface area contributed by atoms with E-state index in [2.05, 4.69) is 25.6 Å². The first kappa shape index (κ1) is 26.2. The van der Waals surface area contributed by atoms with E-state index in [1.807, 2.05) is 26.0 Å². The number of amides is 2. The summed E-state index contributed by atoms with van der Waals surface area (Å²) in [6.45, 7) is 4.08. The number of carbonyl (C=O) groups is 2. The summed E-state index contributed by atoms with van der Waals surface area (Å²) in [7, 11) is 0. The zero-order valence-corrected chi connectivity index (χ0v) is 21.4. The average Bonchev–Trinajstić information content (AvgIpc) is 3.16. The zero-order valence-electron chi connectivity index (χ0n) is 19.9. The summed E-state index contributed by atoms with van der Waals surface area (Å²) in [4.78, 5) is 58.2. The maximum absolute atomic E-state index is 12.6. The highest BCUT2D eigenvalue weighted by Crippen LogP contribution is 2.32. The van der Waals surface area contributed by atoms with Crippen molar-refractivity contribution >= 4 is 46.0 Å². The summed E-state index contributed by atoms with van der Waals surface area (Å²) in [5, 5.41) is 15.6. The van der Waals surface area contributed by atoms with Gasteiger partial charge in [-0.05, 0) is 35.2 Å². The van der Waals surface area contributed by atoms with Crippen LogP contribution in [0.25, 0.3) is 0 Å². The van der Waals surface area contributed by atoms with E-state index >= 15 is 0 Å². The van der Waals surface area contributed by atoms with Crippen molar-refractivity contribution in [1.29, 1.82) is 0 Å². The second-order valence-electron chi connectivity index (χ2n) is 8.69. The molecule has 10 nitrogen and oxygen atoms in total. The molecule has 1 fully saturated rings. The molecule has 2 atom stereocenters. The number of aromatic nitrogens is 2. The Kier molecular flexibility index (Phi) is 7.84. The Morgan fingerprint density at radius 2 is 1.81 bits per heavy atom. The predicted molar refractivity (Wildman–Crippen MR) is 143 cm³/mol. The maximum Gasteiger partial charge on any atom is 0.328 e. The Morgan fingerprint density at radius 3 is 2.46 bits per heavy atom. The third-order valence-corrected chi connectivity index (χ3v) is 6.98. The lowest BCUT2D eigenvalue weighted by Crippen LogP contribution is -2.29. The summed E-state index contributed by atoms with van der Waals surface area (Å²) in [5.74, 6) is -1.15. The lowest BCUT2D eigenvalue weighted by atomic mass is 9.96. The molecule has 1 aliphatic heterocycles. The van der Waals surface area contributed by atoms with Gasteiger partial charge >= 0.3 is 5.69 Å². The smallest absolute Gasteiger partial charge is 0.328 e. The molecule has 2 aromatic carbocycles. The second kappa shape index (κ2) is 11.1. The number of nitrogens with zero attached hydrogens (tertiary/aromatic N) is 1. The van der Waals surface area contributed by atoms with Crippen molar-refractivity contribution in [1.82, 2.24) is 15.3 Å². The minimum absolute atomic E-state index is 0.125. The van der Waals surface area contributed by atoms with Crippen LogP contribution in [0.3, 0.4) is 0 Å². The van der Waals surface area contributed by atoms with Crippen LogP contribution in [-0.2, 0) is 9.59 Å². The first-order valence-electron chi connectivity index (χ1n) is 11.4. The van der Waals surface area contributed by atoms with Crippen LogP contribution in [0.4, 0.5) is 5.69 Å². The lowest BCUT2D eigenvalue weighted by Gasteiger charge is -2.15. The van der Waals surface area contributed by atoms with Crippen LogP contribution in [0.15, 0.2) is 63.1 Å². The molecule has 3 aromatic rings. The number of rotatable bonds is 7. The number of aromatic hydroxyl groups is 1. The van der Waals surface area contributed by atoms with Gasteiger partial charge in [-0.25, -0.2) is 9.79 Å². The van der Waals surface area contributed by atoms with Gasteiger partial charge in [-0.2, -0.15) is 0 Å². The third kappa shape index (κ3) is 6.30. The second-order valence-corrected chi connectivity index (χ2v) is 10.3. The van der Waals surface area contributed by atoms with E-state index in [1.54, 1.807) is 36.4 Å². The van der Waals surface area contributed by atoms with Gasteiger partial charge in [0.05, 0.1) is 0 Å². The van der Waals surface area contributed by atoms with E-state index in [4.69, 9.17) is 11.6 Å². The first-order valence-corrected chi connectivity index (χ1v) is 12.6. The number of benzene rings is 2. The van der Waals surface area contributed by atoms with Crippen LogP contribution in [0.5, 0.6) is 5.88 Å². The first-order chi connectivity index (χ1) is 17.6. The summed E-state index contributed by atoms with van der Waals surface area (Å²) < 4.78 is 0. The number of nitrogens with one attached hydrogen (secondary N) is 4. The normalized spacial score (nSPS) is 17.1. The van der Waals surface area contributed by atoms with E-state index in [0.29, 0.717) is 16.3 Å². The molecule has 0 bridgehead atoms. The van der Waals surface area contributed by atoms with Crippen LogP contribution in [0.2, 0.25) is 5.02 Å². The van der Waals surface area contributed by atoms with Crippen LogP contribution < -0.4 is 21.9 Å². The molecule has 12 heteroatoms. The fourth-order valence-corrected chi connectivity index (χ4v) is 4.96. The fourth-order valence-electron chi connectivity index (χ4n) is 3.77. The molecule has 1 aromatic heterocycles. The van der Waals surface area contributed by atoms with Gasteiger partial charge in [0.2, 0.25) is 17.7 Å². The van der Waals surface area contributed by atoms with Crippen molar-refractivity contribution in [2.75, 3.05) is 5.32 Å². The fraction of sp³-hybridized carbons (Fsp3) is 0.240. The van der Waals surface area contributed by atoms with Crippen LogP contribution in [-0.4, -0.2) is 37.3 Å². The van der Waals surface area contributed by atoms with E-state index in [9.17, 15) is 24.3 Å². The number of aromatic amines is 2. The minimum atomic E-state index is -1.04. The standard InChI is InChI=1S/C25H24ClN5O5S/c1-12(2)13-6-8-14(9-7-13)20(19-22(34)29-24(36)30-23(19)35)28-25-31-21(33)17(37-25)11-18(32)27-16-5-3-4-15(26)10-16/h3-10,12,17,20H,11H2,1-2H3,(H,27,32)(H,28,31,33)(H3,29,30,34,35,36). The quantitative estimate of drug-likeness (QED) is 0.309. The summed E-state index contributed by atoms with van der Waals surface area (Å²) in [5.41, 5.74) is 0.275. The van der Waals surface area contributed by atoms with E-state index in [1.165, 1.54) is 0 Å². The molecule has 37 heavy (non-hydrogen) atoms. The van der Waals surface area contributed by atoms with E-state index in [0.717, 1.165) is 17.3 Å². The Bertz CT molecular complexity index is 1480. The van der Waals surface area contributed by atoms with Crippen molar-refractivity contribution < 1.29 is 14.7 Å². The molecule has 2 amide bonds. The molecule has 1 aliphatic rings. The van der Waals surface area contributed by atoms with Crippen LogP contribution in [0, 0.1) is 0 Å². The number of carbonyl (C=O) groups excluding carboxylic acids is 2. The number of thioether (sulfide) groups is 1. The summed E-state index contributed by atoms with van der Waals surface area (Å²) >= 11 is 6.99. The molecule has 2 unspecified atom stereocenters. The average molecular weight is 542 g/mol. The maximum atomic E-state index is 12.6. The Morgan fingerprint density at radius 1 is 1.11 bits per heavy atom. The largest absolute Gasteiger partial charge is 0.494 e. The zero-order chi connectivity index (χ0) is 26.7. The van der Waals surface area contributed by atoms with Crippen LogP contribution in [0.1, 0.15) is 48.9 Å². The van der Waals surface area contributed by atoms with Crippen molar-refractivity contribution in [3.05, 3.63) is 91.1 Å². The summed E-state index contributed by atoms with van der Waals surface area (Å²) in [6.07, 6.45) is -0.125. The number of hydrogen-bond donors (Lipinski definition) is 5. The molecule has 4 rings (SSSR count). The van der Waals surface area contributed by atoms with Gasteiger partial charge in [0.25, 0.3) is 5.56 Å². The van der Waals surface area contributed by atoms with Gasteiger partial charge in [-0.3, -0.25) is 24.4 Å². The number of aliphatic imine (C=N–C) groups is 1. The van der Waals surface area contributed by atoms with E-state index < -0.39 is 34.3 Å². The van der Waals surface area contributed by atoms with Gasteiger partial charge in [0.15, 0.2) is 5.17 Å². The Hall–Kier alpha value is -3.83. The number of H-pyrrole nitrogens is 2. The van der Waals surface area contributed by atoms with Gasteiger partial charge in [-0.1, -0.05) is 67.5 Å². The lowest BCUT2D eigenvalue weighted by molar-refractivity contribution is -0.122. The van der Waals surface area contributed by atoms with Gasteiger partial charge in [-0.15, -0.1) is 0 Å². The van der Waals surface area contributed by atoms with Crippen LogP contribution >= 0.6 is 23.4 Å². The number of anilines is 1. The molecule has 0 radical (unpaired) electrons. The van der Waals surface area contributed by atoms with E-state index in [-0.39, 0.29) is 29.0 Å². The van der Waals surface area contributed by atoms with Crippen molar-refractivity contribution in [3.63, 3.8) is 0 Å². The molecular formula is C25H24ClN5O5S. The third-order valence-electron chi connectivity index (χ3n) is 5.65. The van der Waals surface area contributed by atoms with Gasteiger partial charge in [0.1, 0.15) is 16.9 Å². The highest BCUT2D eigenvalue weighted by atomic mass is 35.5.